The predicted octanol–water partition coefficient (Wildman–Crippen LogP) is 4.07. The van der Waals surface area contributed by atoms with Crippen LogP contribution < -0.4 is 16.2 Å². The molecule has 0 fully saturated rings. The van der Waals surface area contributed by atoms with Gasteiger partial charge in [0.05, 0.1) is 16.2 Å². The molecule has 0 saturated heterocycles. The average Bonchev–Trinajstić information content (AvgIpc) is 2.54. The van der Waals surface area contributed by atoms with Crippen molar-refractivity contribution in [2.24, 2.45) is 0 Å². The Balaban J connectivity index is 2.11. The van der Waals surface area contributed by atoms with Crippen molar-refractivity contribution in [3.05, 3.63) is 64.0 Å². The summed E-state index contributed by atoms with van der Waals surface area (Å²) in [5, 5.41) is 13.3. The molecule has 0 aliphatic heterocycles. The zero-order valence-electron chi connectivity index (χ0n) is 12.2. The molecular weight excluding hydrogens is 364 g/mol. The topological polar surface area (TPSA) is 79.2 Å². The Labute approximate surface area is 144 Å². The van der Waals surface area contributed by atoms with Gasteiger partial charge >= 0.3 is 6.18 Å². The largest absolute Gasteiger partial charge is 0.416 e. The number of benzene rings is 2. The van der Waals surface area contributed by atoms with Crippen LogP contribution >= 0.6 is 12.2 Å². The van der Waals surface area contributed by atoms with Crippen molar-refractivity contribution in [2.45, 2.75) is 6.18 Å². The Morgan fingerprint density at radius 3 is 2.40 bits per heavy atom. The van der Waals surface area contributed by atoms with Gasteiger partial charge in [-0.05, 0) is 36.5 Å². The van der Waals surface area contributed by atoms with Crippen LogP contribution in [0.25, 0.3) is 0 Å². The maximum absolute atomic E-state index is 13.5. The molecule has 0 unspecified atom stereocenters. The third-order valence-electron chi connectivity index (χ3n) is 2.95. The smallest absolute Gasteiger partial charge is 0.329 e. The molecule has 11 heteroatoms. The van der Waals surface area contributed by atoms with Gasteiger partial charge in [-0.3, -0.25) is 21.0 Å². The number of nitro groups is 1. The van der Waals surface area contributed by atoms with Crippen molar-refractivity contribution in [3.8, 4) is 0 Å². The summed E-state index contributed by atoms with van der Waals surface area (Å²) in [6.45, 7) is 0. The van der Waals surface area contributed by atoms with E-state index >= 15 is 0 Å². The molecule has 0 radical (unpaired) electrons. The first-order valence-electron chi connectivity index (χ1n) is 6.61. The Hall–Kier alpha value is -2.95. The van der Waals surface area contributed by atoms with Crippen molar-refractivity contribution < 1.29 is 22.5 Å². The van der Waals surface area contributed by atoms with Crippen LogP contribution in [0.15, 0.2) is 42.5 Å². The fourth-order valence-corrected chi connectivity index (χ4v) is 1.97. The number of thiocarbonyl (C=S) groups is 1. The highest BCUT2D eigenvalue weighted by Crippen LogP contribution is 2.34. The molecule has 2 rings (SSSR count). The van der Waals surface area contributed by atoms with Crippen LogP contribution in [0.5, 0.6) is 0 Å². The minimum absolute atomic E-state index is 0.0590. The first-order chi connectivity index (χ1) is 11.7. The quantitative estimate of drug-likeness (QED) is 0.324. The van der Waals surface area contributed by atoms with E-state index in [1.54, 1.807) is 6.07 Å². The van der Waals surface area contributed by atoms with E-state index in [0.717, 1.165) is 6.07 Å². The Kier molecular flexibility index (Phi) is 5.37. The summed E-state index contributed by atoms with van der Waals surface area (Å²) in [5.41, 5.74) is 2.54. The Morgan fingerprint density at radius 1 is 1.12 bits per heavy atom. The second-order valence-electron chi connectivity index (χ2n) is 4.67. The molecule has 0 spiro atoms. The van der Waals surface area contributed by atoms with Crippen LogP contribution in [-0.2, 0) is 6.18 Å². The molecule has 3 N–H and O–H groups in total. The van der Waals surface area contributed by atoms with Crippen LogP contribution in [-0.4, -0.2) is 10.0 Å². The third kappa shape index (κ3) is 4.76. The van der Waals surface area contributed by atoms with Gasteiger partial charge < -0.3 is 5.32 Å². The number of nitro benzene ring substituents is 1. The highest BCUT2D eigenvalue weighted by atomic mass is 32.1. The van der Waals surface area contributed by atoms with Gasteiger partial charge in [-0.2, -0.15) is 13.2 Å². The van der Waals surface area contributed by atoms with Crippen LogP contribution in [0.3, 0.4) is 0 Å². The predicted molar refractivity (Wildman–Crippen MR) is 87.5 cm³/mol. The molecule has 0 saturated carbocycles. The number of rotatable bonds is 4. The zero-order valence-corrected chi connectivity index (χ0v) is 13.0. The van der Waals surface area contributed by atoms with Crippen molar-refractivity contribution in [1.82, 2.24) is 5.43 Å². The fourth-order valence-electron chi connectivity index (χ4n) is 1.80. The lowest BCUT2D eigenvalue weighted by Crippen LogP contribution is -2.33. The highest BCUT2D eigenvalue weighted by Gasteiger charge is 2.33. The minimum atomic E-state index is -4.71. The first kappa shape index (κ1) is 18.4. The SMILES string of the molecule is O=[N+]([O-])c1cc(C(F)(F)F)ccc1NNC(=S)Nc1ccccc1F. The van der Waals surface area contributed by atoms with Crippen LogP contribution in [0.4, 0.5) is 34.6 Å². The first-order valence-corrected chi connectivity index (χ1v) is 7.02. The second-order valence-corrected chi connectivity index (χ2v) is 5.08. The van der Waals surface area contributed by atoms with Gasteiger partial charge in [0.15, 0.2) is 5.11 Å². The van der Waals surface area contributed by atoms with Gasteiger partial charge in [0.2, 0.25) is 0 Å². The number of anilines is 2. The van der Waals surface area contributed by atoms with Crippen molar-refractivity contribution in [3.63, 3.8) is 0 Å². The molecule has 6 nitrogen and oxygen atoms in total. The summed E-state index contributed by atoms with van der Waals surface area (Å²) in [6.07, 6.45) is -4.71. The molecule has 0 aliphatic carbocycles. The lowest BCUT2D eigenvalue weighted by Gasteiger charge is -2.14. The van der Waals surface area contributed by atoms with E-state index in [1.165, 1.54) is 18.2 Å². The highest BCUT2D eigenvalue weighted by molar-refractivity contribution is 7.80. The van der Waals surface area contributed by atoms with Gasteiger partial charge in [0, 0.05) is 6.07 Å². The van der Waals surface area contributed by atoms with E-state index in [1.807, 2.05) is 0 Å². The number of nitrogens with zero attached hydrogens (tertiary/aromatic N) is 1. The van der Waals surface area contributed by atoms with E-state index in [2.05, 4.69) is 16.2 Å². The second kappa shape index (κ2) is 7.30. The lowest BCUT2D eigenvalue weighted by atomic mass is 10.1. The standard InChI is InChI=1S/C14H10F4N4O2S/c15-9-3-1-2-4-10(9)19-13(25)21-20-11-6-5-8(14(16,17)18)7-12(11)22(23)24/h1-7,20H,(H2,19,21,25). The summed E-state index contributed by atoms with van der Waals surface area (Å²) in [4.78, 5) is 9.99. The number of halogens is 4. The van der Waals surface area contributed by atoms with Crippen molar-refractivity contribution >= 4 is 34.4 Å². The van der Waals surface area contributed by atoms with Crippen LogP contribution in [0, 0.1) is 15.9 Å². The summed E-state index contributed by atoms with van der Waals surface area (Å²) >= 11 is 4.89. The molecule has 0 heterocycles. The number of hydrogen-bond donors (Lipinski definition) is 3. The van der Waals surface area contributed by atoms with E-state index in [0.29, 0.717) is 12.1 Å². The molecule has 0 bridgehead atoms. The van der Waals surface area contributed by atoms with E-state index in [4.69, 9.17) is 12.2 Å². The number of alkyl halides is 3. The zero-order chi connectivity index (χ0) is 18.6. The summed E-state index contributed by atoms with van der Waals surface area (Å²) in [7, 11) is 0. The molecule has 0 amide bonds. The van der Waals surface area contributed by atoms with Gasteiger partial charge in [-0.1, -0.05) is 12.1 Å². The molecule has 0 aliphatic rings. The van der Waals surface area contributed by atoms with Crippen molar-refractivity contribution in [2.75, 3.05) is 10.7 Å². The molecule has 25 heavy (non-hydrogen) atoms. The Bertz CT molecular complexity index is 814. The monoisotopic (exact) mass is 374 g/mol. The van der Waals surface area contributed by atoms with Crippen molar-refractivity contribution in [1.29, 1.82) is 0 Å². The van der Waals surface area contributed by atoms with Gasteiger partial charge in [-0.25, -0.2) is 4.39 Å². The number of hydrazine groups is 1. The summed E-state index contributed by atoms with van der Waals surface area (Å²) < 4.78 is 51.4. The number of nitrogens with one attached hydrogen (secondary N) is 3. The average molecular weight is 374 g/mol. The summed E-state index contributed by atoms with van der Waals surface area (Å²) in [5.74, 6) is -0.577. The van der Waals surface area contributed by atoms with Crippen LogP contribution in [0.1, 0.15) is 5.56 Å². The van der Waals surface area contributed by atoms with E-state index in [-0.39, 0.29) is 16.5 Å². The Morgan fingerprint density at radius 2 is 1.80 bits per heavy atom. The third-order valence-corrected chi connectivity index (χ3v) is 3.16. The van der Waals surface area contributed by atoms with Gasteiger partial charge in [0.25, 0.3) is 5.69 Å². The summed E-state index contributed by atoms with van der Waals surface area (Å²) in [6, 6.07) is 7.60. The van der Waals surface area contributed by atoms with Gasteiger partial charge in [-0.15, -0.1) is 0 Å². The molecular formula is C14H10F4N4O2S. The normalized spacial score (nSPS) is 10.9. The lowest BCUT2D eigenvalue weighted by molar-refractivity contribution is -0.384. The fraction of sp³-hybridized carbons (Fsp3) is 0.0714. The van der Waals surface area contributed by atoms with Crippen LogP contribution in [0.2, 0.25) is 0 Å². The maximum atomic E-state index is 13.5. The number of hydrogen-bond acceptors (Lipinski definition) is 4. The molecule has 0 aromatic heterocycles. The molecule has 132 valence electrons. The maximum Gasteiger partial charge on any atom is 0.416 e. The minimum Gasteiger partial charge on any atom is -0.329 e. The number of para-hydroxylation sites is 1. The van der Waals surface area contributed by atoms with E-state index in [9.17, 15) is 27.7 Å². The molecule has 2 aromatic rings. The van der Waals surface area contributed by atoms with E-state index < -0.39 is 28.2 Å². The molecule has 2 aromatic carbocycles. The van der Waals surface area contributed by atoms with Gasteiger partial charge in [0.1, 0.15) is 11.5 Å². The molecule has 0 atom stereocenters.